The average molecular weight is 673 g/mol. The van der Waals surface area contributed by atoms with Crippen LogP contribution in [0.3, 0.4) is 0 Å². The standard InChI is InChI=1S/C34H45FN4O7S/c1-21-9-11-22(12-10-21)29(37-30(40)23-7-6-8-24(17-23)38-47(5,43)44)31(41)36-25-18-26(35)28-27(19-25)39(32(42)46-33(2,3)4)20-34(28)13-15-45-16-14-34/h6-8,17-19,21-22,29,38H,9-16,20H2,1-5H3,(H,36,41)(H,37,40). The summed E-state index contributed by atoms with van der Waals surface area (Å²) in [6, 6.07) is 7.95. The molecule has 2 aromatic rings. The third-order valence-corrected chi connectivity index (χ3v) is 9.82. The van der Waals surface area contributed by atoms with Gasteiger partial charge in [0.25, 0.3) is 5.91 Å². The molecule has 1 atom stereocenters. The molecule has 1 aliphatic carbocycles. The Kier molecular flexibility index (Phi) is 9.89. The summed E-state index contributed by atoms with van der Waals surface area (Å²) < 4.78 is 53.2. The van der Waals surface area contributed by atoms with Gasteiger partial charge in [-0.3, -0.25) is 19.2 Å². The quantitative estimate of drug-likeness (QED) is 0.349. The predicted octanol–water partition coefficient (Wildman–Crippen LogP) is 5.56. The summed E-state index contributed by atoms with van der Waals surface area (Å²) in [6.45, 7) is 8.56. The van der Waals surface area contributed by atoms with Crippen LogP contribution in [0.1, 0.15) is 82.1 Å². The van der Waals surface area contributed by atoms with Crippen LogP contribution in [0.5, 0.6) is 0 Å². The number of nitrogens with zero attached hydrogens (tertiary/aromatic N) is 1. The van der Waals surface area contributed by atoms with Crippen LogP contribution in [0, 0.1) is 17.7 Å². The number of carbonyl (C=O) groups excluding carboxylic acids is 3. The van der Waals surface area contributed by atoms with Crippen molar-refractivity contribution in [2.24, 2.45) is 11.8 Å². The second kappa shape index (κ2) is 13.4. The molecule has 1 unspecified atom stereocenters. The number of halogens is 1. The highest BCUT2D eigenvalue weighted by Gasteiger charge is 2.49. The summed E-state index contributed by atoms with van der Waals surface area (Å²) in [5.41, 5.74) is -0.0793. The molecule has 2 aromatic carbocycles. The lowest BCUT2D eigenvalue weighted by molar-refractivity contribution is -0.119. The first-order chi connectivity index (χ1) is 22.0. The molecule has 2 heterocycles. The fourth-order valence-electron chi connectivity index (χ4n) is 6.92. The van der Waals surface area contributed by atoms with Crippen molar-refractivity contribution in [3.05, 3.63) is 53.3 Å². The van der Waals surface area contributed by atoms with Gasteiger partial charge in [0.15, 0.2) is 0 Å². The average Bonchev–Trinajstić information content (AvgIpc) is 3.28. The third-order valence-electron chi connectivity index (χ3n) is 9.21. The zero-order valence-corrected chi connectivity index (χ0v) is 28.5. The summed E-state index contributed by atoms with van der Waals surface area (Å²) in [5.74, 6) is -1.26. The predicted molar refractivity (Wildman–Crippen MR) is 178 cm³/mol. The molecular formula is C34H45FN4O7S. The van der Waals surface area contributed by atoms with Crippen LogP contribution in [0.25, 0.3) is 0 Å². The van der Waals surface area contributed by atoms with Crippen molar-refractivity contribution in [1.82, 2.24) is 5.32 Å². The minimum absolute atomic E-state index is 0.159. The van der Waals surface area contributed by atoms with Gasteiger partial charge in [-0.05, 0) is 88.6 Å². The zero-order chi connectivity index (χ0) is 34.1. The third kappa shape index (κ3) is 8.24. The highest BCUT2D eigenvalue weighted by molar-refractivity contribution is 7.92. The van der Waals surface area contributed by atoms with Crippen LogP contribution in [-0.4, -0.2) is 64.0 Å². The number of ether oxygens (including phenoxy) is 2. The number of anilines is 3. The lowest BCUT2D eigenvalue weighted by Crippen LogP contribution is -2.49. The fourth-order valence-corrected chi connectivity index (χ4v) is 7.47. The topological polar surface area (TPSA) is 143 Å². The van der Waals surface area contributed by atoms with E-state index in [9.17, 15) is 22.8 Å². The van der Waals surface area contributed by atoms with Crippen molar-refractivity contribution < 1.29 is 36.7 Å². The van der Waals surface area contributed by atoms with Crippen LogP contribution in [-0.2, 0) is 29.7 Å². The first kappa shape index (κ1) is 34.6. The molecule has 1 saturated heterocycles. The monoisotopic (exact) mass is 672 g/mol. The maximum atomic E-state index is 16.1. The number of hydrogen-bond acceptors (Lipinski definition) is 7. The molecule has 1 saturated carbocycles. The Morgan fingerprint density at radius 2 is 1.72 bits per heavy atom. The molecule has 11 nitrogen and oxygen atoms in total. The number of sulfonamides is 1. The maximum absolute atomic E-state index is 16.1. The minimum atomic E-state index is -3.56. The highest BCUT2D eigenvalue weighted by Crippen LogP contribution is 2.49. The molecule has 3 amide bonds. The van der Waals surface area contributed by atoms with Gasteiger partial charge >= 0.3 is 6.09 Å². The van der Waals surface area contributed by atoms with Gasteiger partial charge in [0.05, 0.1) is 11.9 Å². The van der Waals surface area contributed by atoms with Crippen LogP contribution in [0.4, 0.5) is 26.2 Å². The number of benzene rings is 2. The van der Waals surface area contributed by atoms with Crippen molar-refractivity contribution in [2.75, 3.05) is 41.0 Å². The Labute approximate surface area is 276 Å². The van der Waals surface area contributed by atoms with Crippen molar-refractivity contribution in [2.45, 2.75) is 83.3 Å². The number of nitrogens with one attached hydrogen (secondary N) is 3. The number of carbonyl (C=O) groups is 3. The van der Waals surface area contributed by atoms with Gasteiger partial charge in [-0.2, -0.15) is 0 Å². The largest absolute Gasteiger partial charge is 0.443 e. The van der Waals surface area contributed by atoms with E-state index in [1.807, 2.05) is 0 Å². The number of rotatable bonds is 7. The molecule has 0 bridgehead atoms. The number of hydrogen-bond donors (Lipinski definition) is 3. The molecule has 5 rings (SSSR count). The molecule has 0 aromatic heterocycles. The SMILES string of the molecule is CC1CCC(C(NC(=O)c2cccc(NS(C)(=O)=O)c2)C(=O)Nc2cc(F)c3c(c2)N(C(=O)OC(C)(C)C)CC32CCOCC2)CC1. The summed E-state index contributed by atoms with van der Waals surface area (Å²) in [6.07, 6.45) is 4.70. The Bertz CT molecular complexity index is 1630. The summed E-state index contributed by atoms with van der Waals surface area (Å²) in [4.78, 5) is 42.2. The van der Waals surface area contributed by atoms with Gasteiger partial charge < -0.3 is 20.1 Å². The van der Waals surface area contributed by atoms with Crippen LogP contribution in [0.2, 0.25) is 0 Å². The molecular weight excluding hydrogens is 627 g/mol. The van der Waals surface area contributed by atoms with E-state index >= 15 is 4.39 Å². The summed E-state index contributed by atoms with van der Waals surface area (Å²) in [7, 11) is -3.56. The van der Waals surface area contributed by atoms with E-state index < -0.39 is 50.8 Å². The van der Waals surface area contributed by atoms with E-state index in [1.54, 1.807) is 32.9 Å². The van der Waals surface area contributed by atoms with Gasteiger partial charge in [0, 0.05) is 47.7 Å². The molecule has 1 spiro atoms. The van der Waals surface area contributed by atoms with Crippen LogP contribution in [0.15, 0.2) is 36.4 Å². The van der Waals surface area contributed by atoms with Gasteiger partial charge in [0.2, 0.25) is 15.9 Å². The van der Waals surface area contributed by atoms with E-state index in [1.165, 1.54) is 29.2 Å². The Hall–Kier alpha value is -3.71. The van der Waals surface area contributed by atoms with Gasteiger partial charge in [-0.25, -0.2) is 17.6 Å². The molecule has 256 valence electrons. The molecule has 3 N–H and O–H groups in total. The zero-order valence-electron chi connectivity index (χ0n) is 27.7. The fraction of sp³-hybridized carbons (Fsp3) is 0.559. The van der Waals surface area contributed by atoms with E-state index in [4.69, 9.17) is 9.47 Å². The van der Waals surface area contributed by atoms with E-state index in [-0.39, 0.29) is 29.4 Å². The van der Waals surface area contributed by atoms with Crippen molar-refractivity contribution in [3.8, 4) is 0 Å². The van der Waals surface area contributed by atoms with Gasteiger partial charge in [-0.1, -0.05) is 25.8 Å². The van der Waals surface area contributed by atoms with Gasteiger partial charge in [0.1, 0.15) is 17.5 Å². The first-order valence-electron chi connectivity index (χ1n) is 16.2. The second-order valence-electron chi connectivity index (χ2n) is 14.2. The van der Waals surface area contributed by atoms with Crippen LogP contribution >= 0.6 is 0 Å². The second-order valence-corrected chi connectivity index (χ2v) is 16.0. The van der Waals surface area contributed by atoms with Crippen molar-refractivity contribution in [3.63, 3.8) is 0 Å². The smallest absolute Gasteiger partial charge is 0.414 e. The van der Waals surface area contributed by atoms with Crippen LogP contribution < -0.4 is 20.3 Å². The Morgan fingerprint density at radius 1 is 1.04 bits per heavy atom. The minimum Gasteiger partial charge on any atom is -0.443 e. The molecule has 3 aliphatic rings. The molecule has 47 heavy (non-hydrogen) atoms. The molecule has 2 fully saturated rings. The Morgan fingerprint density at radius 3 is 2.36 bits per heavy atom. The van der Waals surface area contributed by atoms with Crippen molar-refractivity contribution in [1.29, 1.82) is 0 Å². The van der Waals surface area contributed by atoms with Crippen molar-refractivity contribution >= 4 is 45.0 Å². The lowest BCUT2D eigenvalue weighted by Gasteiger charge is -2.34. The van der Waals surface area contributed by atoms with E-state index in [2.05, 4.69) is 22.3 Å². The first-order valence-corrected chi connectivity index (χ1v) is 18.0. The summed E-state index contributed by atoms with van der Waals surface area (Å²) >= 11 is 0. The lowest BCUT2D eigenvalue weighted by atomic mass is 9.75. The maximum Gasteiger partial charge on any atom is 0.414 e. The van der Waals surface area contributed by atoms with E-state index in [0.29, 0.717) is 56.1 Å². The Balaban J connectivity index is 1.43. The molecule has 0 radical (unpaired) electrons. The normalized spacial score (nSPS) is 21.4. The highest BCUT2D eigenvalue weighted by atomic mass is 32.2. The summed E-state index contributed by atoms with van der Waals surface area (Å²) in [5, 5.41) is 5.70. The molecule has 2 aliphatic heterocycles. The van der Waals surface area contributed by atoms with E-state index in [0.717, 1.165) is 19.1 Å². The van der Waals surface area contributed by atoms with Gasteiger partial charge in [-0.15, -0.1) is 0 Å². The number of fused-ring (bicyclic) bond motifs is 2. The number of amides is 3. The molecule has 13 heteroatoms.